The first-order valence-electron chi connectivity index (χ1n) is 13.2. The molecule has 0 amide bonds. The SMILES string of the molecule is CCc1ccc(S(=O)(=O)OCC(C)(COS(=O)(=O)c2ccc(CC)cc2)COS(=O)(=O)c2ccc(CC)cc2)cc1. The van der Waals surface area contributed by atoms with E-state index in [2.05, 4.69) is 0 Å². The second-order valence-electron chi connectivity index (χ2n) is 9.95. The second-order valence-corrected chi connectivity index (χ2v) is 14.8. The lowest BCUT2D eigenvalue weighted by Gasteiger charge is -2.28. The van der Waals surface area contributed by atoms with Crippen molar-refractivity contribution in [3.63, 3.8) is 0 Å². The van der Waals surface area contributed by atoms with Crippen LogP contribution in [0.25, 0.3) is 0 Å². The molecule has 0 fully saturated rings. The Morgan fingerprint density at radius 2 is 0.683 bits per heavy atom. The molecule has 0 saturated heterocycles. The second kappa shape index (κ2) is 13.6. The summed E-state index contributed by atoms with van der Waals surface area (Å²) in [5, 5.41) is 0. The lowest BCUT2D eigenvalue weighted by Crippen LogP contribution is -2.37. The molecule has 12 heteroatoms. The molecule has 3 aromatic carbocycles. The van der Waals surface area contributed by atoms with Gasteiger partial charge < -0.3 is 0 Å². The normalized spacial score (nSPS) is 12.9. The third kappa shape index (κ3) is 8.94. The molecular weight excluding hydrogens is 589 g/mol. The molecular formula is C29H36O9S3. The number of benzene rings is 3. The van der Waals surface area contributed by atoms with Crippen LogP contribution < -0.4 is 0 Å². The van der Waals surface area contributed by atoms with Crippen molar-refractivity contribution in [1.29, 1.82) is 0 Å². The van der Waals surface area contributed by atoms with Crippen LogP contribution in [0.1, 0.15) is 44.4 Å². The summed E-state index contributed by atoms with van der Waals surface area (Å²) in [5.74, 6) is 0. The van der Waals surface area contributed by atoms with E-state index in [0.29, 0.717) is 0 Å². The van der Waals surface area contributed by atoms with E-state index in [1.54, 1.807) is 36.4 Å². The van der Waals surface area contributed by atoms with Crippen molar-refractivity contribution in [2.45, 2.75) is 61.6 Å². The van der Waals surface area contributed by atoms with Gasteiger partial charge >= 0.3 is 0 Å². The highest BCUT2D eigenvalue weighted by molar-refractivity contribution is 7.87. The van der Waals surface area contributed by atoms with Crippen LogP contribution in [0.5, 0.6) is 0 Å². The highest BCUT2D eigenvalue weighted by Crippen LogP contribution is 2.27. The molecule has 0 N–H and O–H groups in total. The predicted molar refractivity (Wildman–Crippen MR) is 155 cm³/mol. The van der Waals surface area contributed by atoms with Gasteiger partial charge in [-0.25, -0.2) is 0 Å². The van der Waals surface area contributed by atoms with Crippen LogP contribution in [0, 0.1) is 5.41 Å². The van der Waals surface area contributed by atoms with Gasteiger partial charge in [0.1, 0.15) is 0 Å². The highest BCUT2D eigenvalue weighted by Gasteiger charge is 2.34. The van der Waals surface area contributed by atoms with Crippen molar-refractivity contribution in [2.75, 3.05) is 19.8 Å². The molecule has 0 aromatic heterocycles. The first-order chi connectivity index (χ1) is 19.2. The third-order valence-electron chi connectivity index (χ3n) is 6.55. The van der Waals surface area contributed by atoms with Gasteiger partial charge in [-0.05, 0) is 72.4 Å². The van der Waals surface area contributed by atoms with Gasteiger partial charge in [-0.3, -0.25) is 12.5 Å². The van der Waals surface area contributed by atoms with Crippen molar-refractivity contribution in [3.05, 3.63) is 89.5 Å². The summed E-state index contributed by atoms with van der Waals surface area (Å²) >= 11 is 0. The average molecular weight is 625 g/mol. The van der Waals surface area contributed by atoms with E-state index in [1.807, 2.05) is 20.8 Å². The molecule has 224 valence electrons. The summed E-state index contributed by atoms with van der Waals surface area (Å²) < 4.78 is 93.3. The largest absolute Gasteiger partial charge is 0.296 e. The number of rotatable bonds is 15. The monoisotopic (exact) mass is 624 g/mol. The molecule has 0 saturated carbocycles. The van der Waals surface area contributed by atoms with Gasteiger partial charge in [0.05, 0.1) is 34.5 Å². The Bertz CT molecular complexity index is 1410. The number of aryl methyl sites for hydroxylation is 3. The molecule has 0 aliphatic heterocycles. The van der Waals surface area contributed by atoms with E-state index in [4.69, 9.17) is 12.5 Å². The molecule has 0 atom stereocenters. The van der Waals surface area contributed by atoms with Crippen LogP contribution in [0.4, 0.5) is 0 Å². The van der Waals surface area contributed by atoms with Crippen LogP contribution in [0.3, 0.4) is 0 Å². The summed E-state index contributed by atoms with van der Waals surface area (Å²) in [5.41, 5.74) is 1.29. The number of hydrogen-bond donors (Lipinski definition) is 0. The zero-order valence-electron chi connectivity index (χ0n) is 23.6. The molecule has 0 unspecified atom stereocenters. The zero-order chi connectivity index (χ0) is 30.3. The van der Waals surface area contributed by atoms with Crippen LogP contribution in [0.2, 0.25) is 0 Å². The van der Waals surface area contributed by atoms with E-state index >= 15 is 0 Å². The lowest BCUT2D eigenvalue weighted by molar-refractivity contribution is 0.0548. The van der Waals surface area contributed by atoms with E-state index < -0.39 is 55.6 Å². The maximum absolute atomic E-state index is 12.9. The molecule has 0 heterocycles. The lowest BCUT2D eigenvalue weighted by atomic mass is 9.95. The maximum atomic E-state index is 12.9. The molecule has 0 radical (unpaired) electrons. The molecule has 0 bridgehead atoms. The Hall–Kier alpha value is -2.61. The molecule has 0 spiro atoms. The quantitative estimate of drug-likeness (QED) is 0.217. The maximum Gasteiger partial charge on any atom is 0.296 e. The minimum absolute atomic E-state index is 0.0915. The molecule has 0 aliphatic carbocycles. The molecule has 41 heavy (non-hydrogen) atoms. The van der Waals surface area contributed by atoms with Crippen LogP contribution in [0.15, 0.2) is 87.5 Å². The Balaban J connectivity index is 1.83. The Morgan fingerprint density at radius 1 is 0.463 bits per heavy atom. The Morgan fingerprint density at radius 3 is 0.878 bits per heavy atom. The van der Waals surface area contributed by atoms with Gasteiger partial charge in [-0.2, -0.15) is 25.3 Å². The van der Waals surface area contributed by atoms with E-state index in [1.165, 1.54) is 43.3 Å². The topological polar surface area (TPSA) is 130 Å². The van der Waals surface area contributed by atoms with Crippen LogP contribution in [-0.2, 0) is 62.2 Å². The fraction of sp³-hybridized carbons (Fsp3) is 0.379. The van der Waals surface area contributed by atoms with E-state index in [0.717, 1.165) is 36.0 Å². The van der Waals surface area contributed by atoms with Crippen molar-refractivity contribution in [3.8, 4) is 0 Å². The van der Waals surface area contributed by atoms with Crippen LogP contribution in [-0.4, -0.2) is 45.1 Å². The van der Waals surface area contributed by atoms with E-state index in [9.17, 15) is 25.3 Å². The van der Waals surface area contributed by atoms with Crippen molar-refractivity contribution < 1.29 is 37.8 Å². The Labute approximate surface area is 243 Å². The van der Waals surface area contributed by atoms with Crippen molar-refractivity contribution >= 4 is 30.4 Å². The Kier molecular flexibility index (Phi) is 10.9. The highest BCUT2D eigenvalue weighted by atomic mass is 32.2. The fourth-order valence-corrected chi connectivity index (χ4v) is 6.80. The van der Waals surface area contributed by atoms with Crippen molar-refractivity contribution in [2.24, 2.45) is 5.41 Å². The molecule has 9 nitrogen and oxygen atoms in total. The zero-order valence-corrected chi connectivity index (χ0v) is 26.0. The standard InChI is InChI=1S/C29H36O9S3/c1-5-23-8-14-26(15-9-23)39(30,31)36-20-29(4,21-37-40(32,33)27-16-10-24(6-2)11-17-27)22-38-41(34,35)28-18-12-25(7-3)13-19-28/h8-19H,5-7,20-22H2,1-4H3. The first kappa shape index (κ1) is 32.9. The fourth-order valence-electron chi connectivity index (χ4n) is 3.66. The van der Waals surface area contributed by atoms with Gasteiger partial charge in [-0.15, -0.1) is 0 Å². The van der Waals surface area contributed by atoms with Gasteiger partial charge in [-0.1, -0.05) is 64.1 Å². The van der Waals surface area contributed by atoms with Gasteiger partial charge in [0, 0.05) is 5.41 Å². The first-order valence-corrected chi connectivity index (χ1v) is 17.4. The average Bonchev–Trinajstić information content (AvgIpc) is 2.98. The third-order valence-corrected chi connectivity index (χ3v) is 10.4. The van der Waals surface area contributed by atoms with Gasteiger partial charge in [0.2, 0.25) is 0 Å². The summed E-state index contributed by atoms with van der Waals surface area (Å²) in [7, 11) is -12.8. The minimum atomic E-state index is -4.26. The summed E-state index contributed by atoms with van der Waals surface area (Å²) in [4.78, 5) is -0.275. The predicted octanol–water partition coefficient (Wildman–Crippen LogP) is 4.90. The minimum Gasteiger partial charge on any atom is -0.266 e. The molecule has 0 aliphatic rings. The van der Waals surface area contributed by atoms with E-state index in [-0.39, 0.29) is 14.7 Å². The number of hydrogen-bond acceptors (Lipinski definition) is 9. The molecule has 3 rings (SSSR count). The molecule has 3 aromatic rings. The van der Waals surface area contributed by atoms with Crippen LogP contribution >= 0.6 is 0 Å². The van der Waals surface area contributed by atoms with Gasteiger partial charge in [0.25, 0.3) is 30.4 Å². The summed E-state index contributed by atoms with van der Waals surface area (Å²) in [6, 6.07) is 18.4. The summed E-state index contributed by atoms with van der Waals surface area (Å²) in [6.07, 6.45) is 2.16. The van der Waals surface area contributed by atoms with Crippen molar-refractivity contribution in [1.82, 2.24) is 0 Å². The smallest absolute Gasteiger partial charge is 0.266 e. The van der Waals surface area contributed by atoms with Gasteiger partial charge in [0.15, 0.2) is 0 Å². The summed E-state index contributed by atoms with van der Waals surface area (Å²) in [6.45, 7) is 5.39.